The van der Waals surface area contributed by atoms with Gasteiger partial charge in [-0.2, -0.15) is 0 Å². The Labute approximate surface area is 175 Å². The summed E-state index contributed by atoms with van der Waals surface area (Å²) in [5.41, 5.74) is 1.83. The molecule has 0 amide bonds. The van der Waals surface area contributed by atoms with Gasteiger partial charge in [-0.05, 0) is 42.7 Å². The average Bonchev–Trinajstić information content (AvgIpc) is 2.96. The second-order valence-electron chi connectivity index (χ2n) is 6.70. The summed E-state index contributed by atoms with van der Waals surface area (Å²) in [7, 11) is -1.84. The lowest BCUT2D eigenvalue weighted by atomic mass is 9.97. The van der Waals surface area contributed by atoms with Crippen LogP contribution in [0.15, 0.2) is 47.1 Å². The predicted molar refractivity (Wildman–Crippen MR) is 110 cm³/mol. The van der Waals surface area contributed by atoms with Gasteiger partial charge in [-0.1, -0.05) is 30.7 Å². The Bertz CT molecular complexity index is 1100. The summed E-state index contributed by atoms with van der Waals surface area (Å²) in [6.45, 7) is 3.60. The van der Waals surface area contributed by atoms with Crippen LogP contribution >= 0.6 is 11.6 Å². The number of hydrogen-bond acceptors (Lipinski definition) is 6. The zero-order chi connectivity index (χ0) is 21.3. The Hall–Kier alpha value is -2.51. The maximum absolute atomic E-state index is 12.5. The van der Waals surface area contributed by atoms with Crippen LogP contribution in [0, 0.1) is 6.92 Å². The molecule has 0 N–H and O–H groups in total. The van der Waals surface area contributed by atoms with Gasteiger partial charge in [-0.15, -0.1) is 0 Å². The molecule has 29 heavy (non-hydrogen) atoms. The Balaban J connectivity index is 2.08. The van der Waals surface area contributed by atoms with Crippen molar-refractivity contribution in [1.29, 1.82) is 0 Å². The minimum Gasteiger partial charge on any atom is -0.495 e. The molecule has 2 aromatic rings. The fourth-order valence-electron chi connectivity index (χ4n) is 3.26. The van der Waals surface area contributed by atoms with Crippen LogP contribution in [0.4, 0.5) is 0 Å². The summed E-state index contributed by atoms with van der Waals surface area (Å²) in [6.07, 6.45) is 1.21. The van der Waals surface area contributed by atoms with Gasteiger partial charge in [0.1, 0.15) is 17.6 Å². The molecule has 1 aliphatic heterocycles. The van der Waals surface area contributed by atoms with Crippen molar-refractivity contribution in [2.24, 2.45) is 0 Å². The third-order valence-corrected chi connectivity index (χ3v) is 6.15. The van der Waals surface area contributed by atoms with E-state index in [1.807, 2.05) is 6.92 Å². The lowest BCUT2D eigenvalue weighted by molar-refractivity contribution is -0.141. The number of benzene rings is 2. The van der Waals surface area contributed by atoms with Crippen LogP contribution in [0.3, 0.4) is 0 Å². The Morgan fingerprint density at radius 2 is 1.90 bits per heavy atom. The van der Waals surface area contributed by atoms with Crippen molar-refractivity contribution >= 4 is 33.0 Å². The standard InChI is InChI=1S/C21H21ClO6S/c1-5-16-19(13-6-9-18(12(2)10-13)29(4,24)25)20(21(23)28-16)27-14-7-8-17(26-3)15(22)11-14/h6-11,16H,5H2,1-4H3/t16-/m1/s1. The van der Waals surface area contributed by atoms with Crippen molar-refractivity contribution in [1.82, 2.24) is 0 Å². The largest absolute Gasteiger partial charge is 0.495 e. The molecule has 2 aromatic carbocycles. The highest BCUT2D eigenvalue weighted by Crippen LogP contribution is 2.37. The number of hydrogen-bond donors (Lipinski definition) is 0. The number of carbonyl (C=O) groups excluding carboxylic acids is 1. The number of ether oxygens (including phenoxy) is 3. The van der Waals surface area contributed by atoms with E-state index in [1.54, 1.807) is 37.3 Å². The molecule has 8 heteroatoms. The van der Waals surface area contributed by atoms with Crippen LogP contribution in [0.25, 0.3) is 5.57 Å². The molecule has 1 heterocycles. The molecule has 6 nitrogen and oxygen atoms in total. The molecule has 154 valence electrons. The summed E-state index contributed by atoms with van der Waals surface area (Å²) in [5.74, 6) is 0.329. The van der Waals surface area contributed by atoms with E-state index in [0.29, 0.717) is 39.6 Å². The molecule has 0 aromatic heterocycles. The number of cyclic esters (lactones) is 1. The van der Waals surface area contributed by atoms with Gasteiger partial charge >= 0.3 is 5.97 Å². The molecule has 0 unspecified atom stereocenters. The summed E-state index contributed by atoms with van der Waals surface area (Å²) < 4.78 is 40.3. The Morgan fingerprint density at radius 3 is 2.45 bits per heavy atom. The topological polar surface area (TPSA) is 78.9 Å². The molecule has 0 radical (unpaired) electrons. The average molecular weight is 437 g/mol. The first kappa shape index (κ1) is 21.2. The second-order valence-corrected chi connectivity index (χ2v) is 9.09. The van der Waals surface area contributed by atoms with Crippen molar-refractivity contribution in [3.05, 3.63) is 58.3 Å². The summed E-state index contributed by atoms with van der Waals surface area (Å²) >= 11 is 6.15. The summed E-state index contributed by atoms with van der Waals surface area (Å²) in [5, 5.41) is 0.346. The lowest BCUT2D eigenvalue weighted by Gasteiger charge is -2.14. The van der Waals surface area contributed by atoms with E-state index in [4.69, 9.17) is 25.8 Å². The van der Waals surface area contributed by atoms with Gasteiger partial charge in [-0.3, -0.25) is 0 Å². The number of sulfone groups is 1. The predicted octanol–water partition coefficient (Wildman–Crippen LogP) is 4.19. The number of halogens is 1. The number of rotatable bonds is 6. The highest BCUT2D eigenvalue weighted by Gasteiger charge is 2.36. The third kappa shape index (κ3) is 4.26. The van der Waals surface area contributed by atoms with Gasteiger partial charge in [-0.25, -0.2) is 13.2 Å². The van der Waals surface area contributed by atoms with Crippen molar-refractivity contribution < 1.29 is 27.4 Å². The van der Waals surface area contributed by atoms with E-state index in [-0.39, 0.29) is 10.7 Å². The van der Waals surface area contributed by atoms with Gasteiger partial charge in [0.25, 0.3) is 0 Å². The fourth-order valence-corrected chi connectivity index (χ4v) is 4.47. The van der Waals surface area contributed by atoms with Crippen LogP contribution in [0.1, 0.15) is 24.5 Å². The first-order chi connectivity index (χ1) is 13.7. The van der Waals surface area contributed by atoms with Crippen molar-refractivity contribution in [2.45, 2.75) is 31.3 Å². The molecule has 0 saturated heterocycles. The van der Waals surface area contributed by atoms with Gasteiger partial charge in [0.05, 0.1) is 22.6 Å². The van der Waals surface area contributed by atoms with Crippen molar-refractivity contribution in [3.63, 3.8) is 0 Å². The number of carbonyl (C=O) groups is 1. The molecule has 1 aliphatic rings. The monoisotopic (exact) mass is 436 g/mol. The normalized spacial score (nSPS) is 16.7. The molecule has 0 aliphatic carbocycles. The van der Waals surface area contributed by atoms with Gasteiger partial charge < -0.3 is 14.2 Å². The van der Waals surface area contributed by atoms with Gasteiger partial charge in [0.2, 0.25) is 5.76 Å². The zero-order valence-corrected chi connectivity index (χ0v) is 18.1. The molecule has 0 bridgehead atoms. The van der Waals surface area contributed by atoms with E-state index in [0.717, 1.165) is 6.26 Å². The Morgan fingerprint density at radius 1 is 1.17 bits per heavy atom. The van der Waals surface area contributed by atoms with E-state index in [9.17, 15) is 13.2 Å². The minimum absolute atomic E-state index is 0.0598. The van der Waals surface area contributed by atoms with E-state index in [1.165, 1.54) is 13.2 Å². The second kappa shape index (κ2) is 8.08. The summed E-state index contributed by atoms with van der Waals surface area (Å²) in [4.78, 5) is 12.7. The molecule has 0 spiro atoms. The van der Waals surface area contributed by atoms with E-state index >= 15 is 0 Å². The Kier molecular flexibility index (Phi) is 5.91. The smallest absolute Gasteiger partial charge is 0.375 e. The SMILES string of the molecule is CC[C@H]1OC(=O)C(Oc2ccc(OC)c(Cl)c2)=C1c1ccc(S(C)(=O)=O)c(C)c1. The summed E-state index contributed by atoms with van der Waals surface area (Å²) in [6, 6.07) is 9.74. The first-order valence-electron chi connectivity index (χ1n) is 8.93. The van der Waals surface area contributed by atoms with Crippen LogP contribution in [0.5, 0.6) is 11.5 Å². The van der Waals surface area contributed by atoms with E-state index < -0.39 is 21.9 Å². The quantitative estimate of drug-likeness (QED) is 0.632. The minimum atomic E-state index is -3.35. The molecular formula is C21H21ClO6S. The van der Waals surface area contributed by atoms with Gasteiger partial charge in [0, 0.05) is 12.3 Å². The zero-order valence-electron chi connectivity index (χ0n) is 16.5. The van der Waals surface area contributed by atoms with Crippen LogP contribution < -0.4 is 9.47 Å². The highest BCUT2D eigenvalue weighted by atomic mass is 35.5. The molecule has 3 rings (SSSR count). The van der Waals surface area contributed by atoms with Gasteiger partial charge in [0.15, 0.2) is 9.84 Å². The molecule has 0 saturated carbocycles. The lowest BCUT2D eigenvalue weighted by Crippen LogP contribution is -2.10. The maximum atomic E-state index is 12.5. The highest BCUT2D eigenvalue weighted by molar-refractivity contribution is 7.90. The van der Waals surface area contributed by atoms with E-state index in [2.05, 4.69) is 0 Å². The van der Waals surface area contributed by atoms with Crippen molar-refractivity contribution in [3.8, 4) is 11.5 Å². The van der Waals surface area contributed by atoms with Crippen LogP contribution in [-0.2, 0) is 19.4 Å². The van der Waals surface area contributed by atoms with Crippen LogP contribution in [0.2, 0.25) is 5.02 Å². The molecule has 1 atom stereocenters. The fraction of sp³-hybridized carbons (Fsp3) is 0.286. The number of methoxy groups -OCH3 is 1. The third-order valence-electron chi connectivity index (χ3n) is 4.60. The first-order valence-corrected chi connectivity index (χ1v) is 11.2. The molecule has 0 fully saturated rings. The maximum Gasteiger partial charge on any atom is 0.375 e. The molecular weight excluding hydrogens is 416 g/mol. The number of aryl methyl sites for hydroxylation is 1. The van der Waals surface area contributed by atoms with Crippen molar-refractivity contribution in [2.75, 3.05) is 13.4 Å². The van der Waals surface area contributed by atoms with Crippen LogP contribution in [-0.4, -0.2) is 33.9 Å². The number of esters is 1.